The van der Waals surface area contributed by atoms with Gasteiger partial charge in [0.15, 0.2) is 0 Å². The largest absolute Gasteiger partial charge is 0.295 e. The highest BCUT2D eigenvalue weighted by molar-refractivity contribution is 9.10. The van der Waals surface area contributed by atoms with E-state index in [0.29, 0.717) is 6.04 Å². The second kappa shape index (κ2) is 5.38. The van der Waals surface area contributed by atoms with Crippen LogP contribution in [0.15, 0.2) is 29.3 Å². The van der Waals surface area contributed by atoms with E-state index in [9.17, 15) is 0 Å². The minimum Gasteiger partial charge on any atom is -0.295 e. The monoisotopic (exact) mass is 321 g/mol. The molecule has 2 aromatic rings. The summed E-state index contributed by atoms with van der Waals surface area (Å²) in [4.78, 5) is 11.1. The van der Waals surface area contributed by atoms with Crippen molar-refractivity contribution in [3.63, 3.8) is 0 Å². The highest BCUT2D eigenvalue weighted by Crippen LogP contribution is 2.23. The first-order chi connectivity index (χ1) is 9.22. The summed E-state index contributed by atoms with van der Waals surface area (Å²) in [6, 6.07) is 0.461. The Bertz CT molecular complexity index is 568. The van der Waals surface area contributed by atoms with E-state index in [1.54, 1.807) is 12.4 Å². The van der Waals surface area contributed by atoms with Crippen LogP contribution in [0.5, 0.6) is 0 Å². The number of rotatable bonds is 3. The maximum absolute atomic E-state index is 4.41. The Morgan fingerprint density at radius 2 is 2.21 bits per heavy atom. The Hall–Kier alpha value is -1.27. The molecule has 1 aliphatic heterocycles. The molecular weight excluding hydrogens is 306 g/mol. The Labute approximate surface area is 120 Å². The molecule has 1 atom stereocenters. The Morgan fingerprint density at radius 3 is 2.95 bits per heavy atom. The zero-order chi connectivity index (χ0) is 13.2. The standard InChI is InChI=1S/C13H16BrN5/c1-10-13(16-4-3-15-10)9-18-5-2-12(8-18)19-7-11(14)6-17-19/h3-4,6-7,12H,2,5,8-9H2,1H3. The van der Waals surface area contributed by atoms with Crippen molar-refractivity contribution in [2.24, 2.45) is 0 Å². The molecule has 0 aliphatic carbocycles. The van der Waals surface area contributed by atoms with Crippen LogP contribution in [-0.2, 0) is 6.54 Å². The van der Waals surface area contributed by atoms with E-state index >= 15 is 0 Å². The van der Waals surface area contributed by atoms with Crippen molar-refractivity contribution in [3.05, 3.63) is 40.6 Å². The topological polar surface area (TPSA) is 46.8 Å². The third kappa shape index (κ3) is 2.84. The number of hydrogen-bond acceptors (Lipinski definition) is 4. The summed E-state index contributed by atoms with van der Waals surface area (Å²) in [5, 5.41) is 4.37. The van der Waals surface area contributed by atoms with Crippen LogP contribution in [-0.4, -0.2) is 37.7 Å². The lowest BCUT2D eigenvalue weighted by Crippen LogP contribution is -2.22. The van der Waals surface area contributed by atoms with Gasteiger partial charge in [-0.25, -0.2) is 0 Å². The summed E-state index contributed by atoms with van der Waals surface area (Å²) in [6.07, 6.45) is 8.53. The smallest absolute Gasteiger partial charge is 0.0756 e. The molecule has 100 valence electrons. The van der Waals surface area contributed by atoms with E-state index in [4.69, 9.17) is 0 Å². The molecule has 6 heteroatoms. The maximum Gasteiger partial charge on any atom is 0.0756 e. The predicted molar refractivity (Wildman–Crippen MR) is 75.6 cm³/mol. The van der Waals surface area contributed by atoms with Gasteiger partial charge >= 0.3 is 0 Å². The molecule has 0 radical (unpaired) electrons. The molecule has 1 unspecified atom stereocenters. The average Bonchev–Trinajstić information content (AvgIpc) is 3.01. The maximum atomic E-state index is 4.41. The number of halogens is 1. The lowest BCUT2D eigenvalue weighted by Gasteiger charge is -2.16. The lowest BCUT2D eigenvalue weighted by atomic mass is 10.3. The van der Waals surface area contributed by atoms with E-state index in [0.717, 1.165) is 41.9 Å². The van der Waals surface area contributed by atoms with Crippen molar-refractivity contribution in [2.45, 2.75) is 25.9 Å². The molecule has 0 amide bonds. The molecule has 0 N–H and O–H groups in total. The number of hydrogen-bond donors (Lipinski definition) is 0. The van der Waals surface area contributed by atoms with E-state index < -0.39 is 0 Å². The van der Waals surface area contributed by atoms with Crippen LogP contribution < -0.4 is 0 Å². The average molecular weight is 322 g/mol. The second-order valence-electron chi connectivity index (χ2n) is 4.90. The molecule has 5 nitrogen and oxygen atoms in total. The van der Waals surface area contributed by atoms with Crippen molar-refractivity contribution < 1.29 is 0 Å². The van der Waals surface area contributed by atoms with Gasteiger partial charge in [-0.05, 0) is 29.3 Å². The molecule has 1 aliphatic rings. The predicted octanol–water partition coefficient (Wildman–Crippen LogP) is 2.19. The molecular formula is C13H16BrN5. The Morgan fingerprint density at radius 1 is 1.37 bits per heavy atom. The summed E-state index contributed by atoms with van der Waals surface area (Å²) in [6.45, 7) is 4.99. The fraction of sp³-hybridized carbons (Fsp3) is 0.462. The third-order valence-electron chi connectivity index (χ3n) is 3.55. The Kier molecular flexibility index (Phi) is 3.61. The highest BCUT2D eigenvalue weighted by atomic mass is 79.9. The zero-order valence-electron chi connectivity index (χ0n) is 10.8. The van der Waals surface area contributed by atoms with Crippen LogP contribution in [0.1, 0.15) is 23.9 Å². The fourth-order valence-corrected chi connectivity index (χ4v) is 2.79. The van der Waals surface area contributed by atoms with Gasteiger partial charge in [0.25, 0.3) is 0 Å². The molecule has 1 saturated heterocycles. The zero-order valence-corrected chi connectivity index (χ0v) is 12.4. The van der Waals surface area contributed by atoms with Crippen molar-refractivity contribution in [3.8, 4) is 0 Å². The molecule has 0 saturated carbocycles. The quantitative estimate of drug-likeness (QED) is 0.869. The van der Waals surface area contributed by atoms with Crippen LogP contribution in [0.3, 0.4) is 0 Å². The highest BCUT2D eigenvalue weighted by Gasteiger charge is 2.25. The van der Waals surface area contributed by atoms with Crippen molar-refractivity contribution >= 4 is 15.9 Å². The Balaban J connectivity index is 1.65. The molecule has 3 rings (SSSR count). The molecule has 0 spiro atoms. The SMILES string of the molecule is Cc1nccnc1CN1CCC(n2cc(Br)cn2)C1. The number of aryl methyl sites for hydroxylation is 1. The summed E-state index contributed by atoms with van der Waals surface area (Å²) in [7, 11) is 0. The molecule has 19 heavy (non-hydrogen) atoms. The first-order valence-corrected chi connectivity index (χ1v) is 7.20. The van der Waals surface area contributed by atoms with Gasteiger partial charge < -0.3 is 0 Å². The summed E-state index contributed by atoms with van der Waals surface area (Å²) in [5.41, 5.74) is 2.09. The van der Waals surface area contributed by atoms with Crippen LogP contribution in [0, 0.1) is 6.92 Å². The fourth-order valence-electron chi connectivity index (χ4n) is 2.49. The van der Waals surface area contributed by atoms with Crippen molar-refractivity contribution in [2.75, 3.05) is 13.1 Å². The van der Waals surface area contributed by atoms with Gasteiger partial charge in [0, 0.05) is 38.2 Å². The minimum absolute atomic E-state index is 0.461. The first kappa shape index (κ1) is 12.7. The second-order valence-corrected chi connectivity index (χ2v) is 5.82. The number of nitrogens with zero attached hydrogens (tertiary/aromatic N) is 5. The van der Waals surface area contributed by atoms with E-state index in [-0.39, 0.29) is 0 Å². The van der Waals surface area contributed by atoms with E-state index in [2.05, 4.69) is 35.9 Å². The van der Waals surface area contributed by atoms with Crippen molar-refractivity contribution in [1.29, 1.82) is 0 Å². The summed E-state index contributed by atoms with van der Waals surface area (Å²) >= 11 is 3.44. The van der Waals surface area contributed by atoms with E-state index in [1.165, 1.54) is 0 Å². The van der Waals surface area contributed by atoms with Gasteiger partial charge in [0.2, 0.25) is 0 Å². The molecule has 0 aromatic carbocycles. The van der Waals surface area contributed by atoms with Crippen LogP contribution in [0.4, 0.5) is 0 Å². The molecule has 2 aromatic heterocycles. The lowest BCUT2D eigenvalue weighted by molar-refractivity contribution is 0.307. The van der Waals surface area contributed by atoms with Gasteiger partial charge in [0.05, 0.1) is 28.1 Å². The minimum atomic E-state index is 0.461. The van der Waals surface area contributed by atoms with Gasteiger partial charge in [-0.2, -0.15) is 5.10 Å². The van der Waals surface area contributed by atoms with Gasteiger partial charge in [-0.3, -0.25) is 19.5 Å². The van der Waals surface area contributed by atoms with Crippen LogP contribution in [0.25, 0.3) is 0 Å². The normalized spacial score (nSPS) is 20.0. The molecule has 0 bridgehead atoms. The summed E-state index contributed by atoms with van der Waals surface area (Å²) in [5.74, 6) is 0. The number of likely N-dealkylation sites (tertiary alicyclic amines) is 1. The van der Waals surface area contributed by atoms with Gasteiger partial charge in [0.1, 0.15) is 0 Å². The summed E-state index contributed by atoms with van der Waals surface area (Å²) < 4.78 is 3.09. The number of aromatic nitrogens is 4. The van der Waals surface area contributed by atoms with Crippen LogP contribution in [0.2, 0.25) is 0 Å². The van der Waals surface area contributed by atoms with Gasteiger partial charge in [-0.15, -0.1) is 0 Å². The molecule has 1 fully saturated rings. The van der Waals surface area contributed by atoms with Crippen LogP contribution >= 0.6 is 15.9 Å². The van der Waals surface area contributed by atoms with Crippen molar-refractivity contribution in [1.82, 2.24) is 24.6 Å². The first-order valence-electron chi connectivity index (χ1n) is 6.41. The third-order valence-corrected chi connectivity index (χ3v) is 3.96. The molecule has 3 heterocycles. The van der Waals surface area contributed by atoms with E-state index in [1.807, 2.05) is 24.0 Å². The van der Waals surface area contributed by atoms with Gasteiger partial charge in [-0.1, -0.05) is 0 Å².